The maximum absolute atomic E-state index is 6.46. The van der Waals surface area contributed by atoms with Crippen LogP contribution < -0.4 is 0 Å². The molecule has 0 aliphatic rings. The number of rotatable bonds is 4. The fourth-order valence-corrected chi connectivity index (χ4v) is 7.23. The van der Waals surface area contributed by atoms with Gasteiger partial charge in [-0.05, 0) is 61.6 Å². The van der Waals surface area contributed by atoms with Crippen LogP contribution in [-0.4, -0.2) is 15.0 Å². The molecule has 0 saturated carbocycles. The predicted octanol–water partition coefficient (Wildman–Crippen LogP) is 11.9. The van der Waals surface area contributed by atoms with E-state index >= 15 is 0 Å². The van der Waals surface area contributed by atoms with E-state index in [1.54, 1.807) is 0 Å². The molecule has 10 rings (SSSR count). The average Bonchev–Trinajstić information content (AvgIpc) is 3.56. The third-order valence-corrected chi connectivity index (χ3v) is 9.51. The Morgan fingerprint density at radius 3 is 1.76 bits per heavy atom. The first-order valence-corrected chi connectivity index (χ1v) is 16.4. The van der Waals surface area contributed by atoms with Gasteiger partial charge in [-0.1, -0.05) is 146 Å². The summed E-state index contributed by atoms with van der Waals surface area (Å²) in [7, 11) is 0. The van der Waals surface area contributed by atoms with Crippen LogP contribution in [0, 0.1) is 0 Å². The number of hydrogen-bond donors (Lipinski definition) is 0. The molecule has 228 valence electrons. The van der Waals surface area contributed by atoms with Gasteiger partial charge in [0.2, 0.25) is 0 Å². The van der Waals surface area contributed by atoms with Crippen molar-refractivity contribution in [3.63, 3.8) is 0 Å². The number of hydrogen-bond acceptors (Lipinski definition) is 4. The number of furan rings is 1. The Balaban J connectivity index is 1.20. The van der Waals surface area contributed by atoms with E-state index in [2.05, 4.69) is 91.0 Å². The van der Waals surface area contributed by atoms with Crippen LogP contribution >= 0.6 is 0 Å². The van der Waals surface area contributed by atoms with Crippen LogP contribution in [0.4, 0.5) is 0 Å². The summed E-state index contributed by atoms with van der Waals surface area (Å²) >= 11 is 0. The van der Waals surface area contributed by atoms with Crippen molar-refractivity contribution in [2.75, 3.05) is 0 Å². The summed E-state index contributed by atoms with van der Waals surface area (Å²) < 4.78 is 6.46. The predicted molar refractivity (Wildman–Crippen MR) is 201 cm³/mol. The zero-order valence-electron chi connectivity index (χ0n) is 26.3. The van der Waals surface area contributed by atoms with E-state index in [0.717, 1.165) is 44.2 Å². The Bertz CT molecular complexity index is 2820. The van der Waals surface area contributed by atoms with Gasteiger partial charge in [-0.3, -0.25) is 0 Å². The van der Waals surface area contributed by atoms with Crippen molar-refractivity contribution in [2.45, 2.75) is 0 Å². The molecule has 10 aromatic rings. The topological polar surface area (TPSA) is 51.8 Å². The highest BCUT2D eigenvalue weighted by Crippen LogP contribution is 2.41. The van der Waals surface area contributed by atoms with Crippen LogP contribution in [0.3, 0.4) is 0 Å². The highest BCUT2D eigenvalue weighted by Gasteiger charge is 2.19. The van der Waals surface area contributed by atoms with Gasteiger partial charge in [-0.25, -0.2) is 15.0 Å². The first kappa shape index (κ1) is 27.5. The van der Waals surface area contributed by atoms with Crippen molar-refractivity contribution in [2.24, 2.45) is 0 Å². The van der Waals surface area contributed by atoms with Gasteiger partial charge in [0, 0.05) is 27.5 Å². The quantitative estimate of drug-likeness (QED) is 0.183. The lowest BCUT2D eigenvalue weighted by Gasteiger charge is -2.12. The average molecular weight is 626 g/mol. The standard InChI is InChI=1S/C45H27N3O/c1-3-12-30(13-4-1)43-46-44(31-14-5-2-6-15-31)48-45(47-43)37-19-10-20-40-42(37)38-27-32(24-26-39(38)49-40)33-17-9-18-36-35(33)25-23-29-22-21-28-11-7-8-16-34(28)41(29)36/h1-27H. The van der Waals surface area contributed by atoms with Crippen LogP contribution in [-0.2, 0) is 0 Å². The SMILES string of the molecule is c1ccc(-c2nc(-c3ccccc3)nc(-c3cccc4oc5ccc(-c6cccc7c6ccc6ccc8ccccc8c67)cc5c34)n2)cc1. The van der Waals surface area contributed by atoms with Gasteiger partial charge in [-0.2, -0.15) is 0 Å². The summed E-state index contributed by atoms with van der Waals surface area (Å²) in [5.41, 5.74) is 6.70. The van der Waals surface area contributed by atoms with Crippen LogP contribution in [0.1, 0.15) is 0 Å². The van der Waals surface area contributed by atoms with Crippen molar-refractivity contribution in [1.82, 2.24) is 15.0 Å². The largest absolute Gasteiger partial charge is 0.456 e. The summed E-state index contributed by atoms with van der Waals surface area (Å²) in [5, 5.41) is 9.52. The lowest BCUT2D eigenvalue weighted by molar-refractivity contribution is 0.669. The fourth-order valence-electron chi connectivity index (χ4n) is 7.23. The van der Waals surface area contributed by atoms with Crippen LogP contribution in [0.5, 0.6) is 0 Å². The lowest BCUT2D eigenvalue weighted by atomic mass is 9.91. The van der Waals surface area contributed by atoms with Gasteiger partial charge in [0.1, 0.15) is 11.2 Å². The number of fused-ring (bicyclic) bond motifs is 8. The minimum Gasteiger partial charge on any atom is -0.456 e. The summed E-state index contributed by atoms with van der Waals surface area (Å²) in [6.07, 6.45) is 0. The van der Waals surface area contributed by atoms with Crippen LogP contribution in [0.25, 0.3) is 99.5 Å². The Hall–Kier alpha value is -6.65. The second kappa shape index (κ2) is 11.0. The Labute approximate surface area is 282 Å². The number of nitrogens with zero attached hydrogens (tertiary/aromatic N) is 3. The molecule has 0 N–H and O–H groups in total. The number of benzene rings is 8. The maximum atomic E-state index is 6.46. The van der Waals surface area contributed by atoms with Crippen molar-refractivity contribution >= 4 is 54.3 Å². The van der Waals surface area contributed by atoms with E-state index in [1.165, 1.54) is 37.9 Å². The van der Waals surface area contributed by atoms with E-state index in [0.29, 0.717) is 17.5 Å². The molecule has 0 fully saturated rings. The van der Waals surface area contributed by atoms with E-state index < -0.39 is 0 Å². The lowest BCUT2D eigenvalue weighted by Crippen LogP contribution is -2.00. The van der Waals surface area contributed by atoms with E-state index in [4.69, 9.17) is 19.4 Å². The second-order valence-corrected chi connectivity index (χ2v) is 12.4. The molecule has 4 nitrogen and oxygen atoms in total. The summed E-state index contributed by atoms with van der Waals surface area (Å²) in [4.78, 5) is 15.0. The molecule has 2 aromatic heterocycles. The molecule has 0 bridgehead atoms. The molecule has 0 atom stereocenters. The fraction of sp³-hybridized carbons (Fsp3) is 0. The van der Waals surface area contributed by atoms with E-state index in [9.17, 15) is 0 Å². The first-order chi connectivity index (χ1) is 24.3. The Morgan fingerprint density at radius 2 is 0.959 bits per heavy atom. The van der Waals surface area contributed by atoms with Crippen molar-refractivity contribution < 1.29 is 4.42 Å². The minimum atomic E-state index is 0.606. The molecule has 0 aliphatic carbocycles. The summed E-state index contributed by atoms with van der Waals surface area (Å²) in [6, 6.07) is 57.0. The minimum absolute atomic E-state index is 0.606. The van der Waals surface area contributed by atoms with Gasteiger partial charge >= 0.3 is 0 Å². The third-order valence-electron chi connectivity index (χ3n) is 9.51. The highest BCUT2D eigenvalue weighted by molar-refractivity contribution is 6.22. The zero-order valence-corrected chi connectivity index (χ0v) is 26.3. The van der Waals surface area contributed by atoms with Crippen molar-refractivity contribution in [1.29, 1.82) is 0 Å². The normalized spacial score (nSPS) is 11.7. The zero-order chi connectivity index (χ0) is 32.3. The molecular formula is C45H27N3O. The molecule has 0 radical (unpaired) electrons. The monoisotopic (exact) mass is 625 g/mol. The summed E-state index contributed by atoms with van der Waals surface area (Å²) in [6.45, 7) is 0. The molecule has 49 heavy (non-hydrogen) atoms. The smallest absolute Gasteiger partial charge is 0.164 e. The van der Waals surface area contributed by atoms with Gasteiger partial charge < -0.3 is 4.42 Å². The first-order valence-electron chi connectivity index (χ1n) is 16.4. The van der Waals surface area contributed by atoms with Crippen LogP contribution in [0.2, 0.25) is 0 Å². The molecule has 0 amide bonds. The maximum Gasteiger partial charge on any atom is 0.164 e. The second-order valence-electron chi connectivity index (χ2n) is 12.4. The summed E-state index contributed by atoms with van der Waals surface area (Å²) in [5.74, 6) is 1.87. The van der Waals surface area contributed by atoms with E-state index in [-0.39, 0.29) is 0 Å². The van der Waals surface area contributed by atoms with Gasteiger partial charge in [0.05, 0.1) is 0 Å². The van der Waals surface area contributed by atoms with Gasteiger partial charge in [-0.15, -0.1) is 0 Å². The van der Waals surface area contributed by atoms with E-state index in [1.807, 2.05) is 72.8 Å². The highest BCUT2D eigenvalue weighted by atomic mass is 16.3. The van der Waals surface area contributed by atoms with Gasteiger partial charge in [0.15, 0.2) is 17.5 Å². The van der Waals surface area contributed by atoms with Crippen molar-refractivity contribution in [3.05, 3.63) is 164 Å². The van der Waals surface area contributed by atoms with Crippen molar-refractivity contribution in [3.8, 4) is 45.3 Å². The van der Waals surface area contributed by atoms with Crippen LogP contribution in [0.15, 0.2) is 168 Å². The Morgan fingerprint density at radius 1 is 0.327 bits per heavy atom. The van der Waals surface area contributed by atoms with Gasteiger partial charge in [0.25, 0.3) is 0 Å². The molecule has 8 aromatic carbocycles. The Kier molecular flexibility index (Phi) is 6.15. The molecule has 2 heterocycles. The molecule has 4 heteroatoms. The molecule has 0 spiro atoms. The molecule has 0 saturated heterocycles. The molecule has 0 unspecified atom stereocenters. The number of aromatic nitrogens is 3. The molecular weight excluding hydrogens is 599 g/mol. The third kappa shape index (κ3) is 4.49. The molecule has 0 aliphatic heterocycles.